The minimum atomic E-state index is -0.382. The first-order valence-corrected chi connectivity index (χ1v) is 6.68. The summed E-state index contributed by atoms with van der Waals surface area (Å²) in [6, 6.07) is 0.813. The lowest BCUT2D eigenvalue weighted by molar-refractivity contribution is -0.0152. The van der Waals surface area contributed by atoms with E-state index in [1.165, 1.54) is 19.4 Å². The molecule has 0 aromatic rings. The Morgan fingerprint density at radius 3 is 2.76 bits per heavy atom. The van der Waals surface area contributed by atoms with Gasteiger partial charge >= 0.3 is 6.09 Å². The van der Waals surface area contributed by atoms with Crippen molar-refractivity contribution in [3.63, 3.8) is 0 Å². The number of carbonyl (C=O) groups is 1. The third kappa shape index (κ3) is 1.92. The van der Waals surface area contributed by atoms with Gasteiger partial charge in [0.15, 0.2) is 0 Å². The first kappa shape index (κ1) is 11.3. The normalized spacial score (nSPS) is 39.6. The molecular weight excluding hydrogens is 216 g/mol. The van der Waals surface area contributed by atoms with Crippen LogP contribution in [-0.2, 0) is 4.74 Å². The molecule has 4 atom stereocenters. The Hall–Kier alpha value is -0.770. The van der Waals surface area contributed by atoms with E-state index in [2.05, 4.69) is 4.90 Å². The molecule has 3 aliphatic heterocycles. The second-order valence-electron chi connectivity index (χ2n) is 6.65. The van der Waals surface area contributed by atoms with E-state index in [1.807, 2.05) is 25.7 Å². The average molecular weight is 238 g/mol. The molecule has 0 N–H and O–H groups in total. The van der Waals surface area contributed by atoms with E-state index in [9.17, 15) is 4.79 Å². The topological polar surface area (TPSA) is 32.8 Å². The van der Waals surface area contributed by atoms with E-state index in [1.54, 1.807) is 0 Å². The van der Waals surface area contributed by atoms with Crippen LogP contribution in [0.15, 0.2) is 0 Å². The van der Waals surface area contributed by atoms with Gasteiger partial charge in [-0.15, -0.1) is 0 Å². The van der Waals surface area contributed by atoms with Crippen molar-refractivity contribution in [1.29, 1.82) is 0 Å². The molecule has 0 radical (unpaired) electrons. The smallest absolute Gasteiger partial charge is 0.410 e. The fraction of sp³-hybridized carbons (Fsp3) is 0.923. The van der Waals surface area contributed by atoms with Crippen molar-refractivity contribution < 1.29 is 9.53 Å². The number of nitrogens with zero attached hydrogens (tertiary/aromatic N) is 2. The Morgan fingerprint density at radius 2 is 2.06 bits per heavy atom. The lowest BCUT2D eigenvalue weighted by Crippen LogP contribution is -2.59. The summed E-state index contributed by atoms with van der Waals surface area (Å²) in [5.74, 6) is 0.714. The maximum atomic E-state index is 12.2. The van der Waals surface area contributed by atoms with Crippen LogP contribution < -0.4 is 0 Å². The largest absolute Gasteiger partial charge is 0.444 e. The van der Waals surface area contributed by atoms with Gasteiger partial charge < -0.3 is 4.74 Å². The van der Waals surface area contributed by atoms with Gasteiger partial charge in [0.2, 0.25) is 0 Å². The number of piperazine rings is 1. The van der Waals surface area contributed by atoms with Gasteiger partial charge in [-0.25, -0.2) is 4.79 Å². The highest BCUT2D eigenvalue weighted by Crippen LogP contribution is 2.41. The Bertz CT molecular complexity index is 333. The molecule has 3 fully saturated rings. The fourth-order valence-corrected chi connectivity index (χ4v) is 3.59. The van der Waals surface area contributed by atoms with Crippen molar-refractivity contribution in [2.24, 2.45) is 5.92 Å². The lowest BCUT2D eigenvalue weighted by atomic mass is 9.93. The number of carbonyl (C=O) groups excluding carboxylic acids is 1. The van der Waals surface area contributed by atoms with Gasteiger partial charge in [-0.1, -0.05) is 0 Å². The molecule has 0 aromatic carbocycles. The van der Waals surface area contributed by atoms with E-state index in [0.29, 0.717) is 18.0 Å². The van der Waals surface area contributed by atoms with Gasteiger partial charge in [0, 0.05) is 19.1 Å². The van der Waals surface area contributed by atoms with E-state index < -0.39 is 0 Å². The maximum Gasteiger partial charge on any atom is 0.410 e. The van der Waals surface area contributed by atoms with Crippen LogP contribution in [0.4, 0.5) is 4.79 Å². The molecule has 3 rings (SSSR count). The molecule has 96 valence electrons. The van der Waals surface area contributed by atoms with Gasteiger partial charge in [0.1, 0.15) is 5.60 Å². The molecular formula is C13H22N2O2. The molecule has 4 heteroatoms. The van der Waals surface area contributed by atoms with Gasteiger partial charge in [0.05, 0.1) is 6.04 Å². The van der Waals surface area contributed by atoms with Gasteiger partial charge in [-0.05, 0) is 46.1 Å². The predicted octanol–water partition coefficient (Wildman–Crippen LogP) is 1.70. The molecule has 3 heterocycles. The summed E-state index contributed by atoms with van der Waals surface area (Å²) in [6.07, 6.45) is 2.33. The third-order valence-corrected chi connectivity index (χ3v) is 4.20. The van der Waals surface area contributed by atoms with Crippen LogP contribution in [0, 0.1) is 5.92 Å². The molecule has 0 spiro atoms. The summed E-state index contributed by atoms with van der Waals surface area (Å²) in [4.78, 5) is 16.8. The molecule has 3 aliphatic rings. The summed E-state index contributed by atoms with van der Waals surface area (Å²) >= 11 is 0. The lowest BCUT2D eigenvalue weighted by Gasteiger charge is -2.44. The van der Waals surface area contributed by atoms with Crippen LogP contribution in [0.3, 0.4) is 0 Å². The van der Waals surface area contributed by atoms with Crippen molar-refractivity contribution in [3.05, 3.63) is 0 Å². The highest BCUT2D eigenvalue weighted by atomic mass is 16.6. The summed E-state index contributed by atoms with van der Waals surface area (Å²) in [5.41, 5.74) is -0.382. The highest BCUT2D eigenvalue weighted by Gasteiger charge is 2.51. The van der Waals surface area contributed by atoms with E-state index in [4.69, 9.17) is 4.74 Å². The number of ether oxygens (including phenoxy) is 1. The Balaban J connectivity index is 1.75. The standard InChI is InChI=1S/C13H22N2O2/c1-13(2,3)17-12(16)15-10-6-9-4-5-14(7-10)8-11(9)15/h9-11H,4-8H2,1-3H3/t9-,10-,11-/m1/s1. The van der Waals surface area contributed by atoms with Crippen LogP contribution in [0.25, 0.3) is 0 Å². The van der Waals surface area contributed by atoms with Crippen LogP contribution in [0.2, 0.25) is 0 Å². The molecule has 0 aliphatic carbocycles. The summed E-state index contributed by atoms with van der Waals surface area (Å²) in [5, 5.41) is 0. The molecule has 17 heavy (non-hydrogen) atoms. The van der Waals surface area contributed by atoms with Crippen LogP contribution in [-0.4, -0.2) is 53.2 Å². The van der Waals surface area contributed by atoms with Gasteiger partial charge in [0.25, 0.3) is 0 Å². The number of hydrogen-bond acceptors (Lipinski definition) is 3. The zero-order valence-corrected chi connectivity index (χ0v) is 11.0. The Kier molecular flexibility index (Phi) is 2.41. The zero-order valence-electron chi connectivity index (χ0n) is 11.0. The molecule has 3 saturated heterocycles. The predicted molar refractivity (Wildman–Crippen MR) is 64.8 cm³/mol. The molecule has 1 amide bonds. The number of fused-ring (bicyclic) bond motifs is 2. The first-order valence-electron chi connectivity index (χ1n) is 6.68. The number of hydrogen-bond donors (Lipinski definition) is 0. The summed E-state index contributed by atoms with van der Waals surface area (Å²) < 4.78 is 5.53. The van der Waals surface area contributed by atoms with Gasteiger partial charge in [-0.3, -0.25) is 9.80 Å². The minimum absolute atomic E-state index is 0.100. The van der Waals surface area contributed by atoms with Gasteiger partial charge in [-0.2, -0.15) is 0 Å². The average Bonchev–Trinajstić information content (AvgIpc) is 2.34. The van der Waals surface area contributed by atoms with Crippen LogP contribution in [0.5, 0.6) is 0 Å². The zero-order chi connectivity index (χ0) is 12.2. The number of rotatable bonds is 0. The summed E-state index contributed by atoms with van der Waals surface area (Å²) in [6.45, 7) is 9.14. The summed E-state index contributed by atoms with van der Waals surface area (Å²) in [7, 11) is 0. The van der Waals surface area contributed by atoms with Crippen molar-refractivity contribution in [2.45, 2.75) is 51.3 Å². The van der Waals surface area contributed by atoms with Crippen molar-refractivity contribution >= 4 is 6.09 Å². The number of piperidine rings is 1. The molecule has 1 unspecified atom stereocenters. The molecule has 0 saturated carbocycles. The highest BCUT2D eigenvalue weighted by molar-refractivity contribution is 5.70. The quantitative estimate of drug-likeness (QED) is 0.644. The monoisotopic (exact) mass is 238 g/mol. The van der Waals surface area contributed by atoms with Crippen molar-refractivity contribution in [1.82, 2.24) is 9.80 Å². The maximum absolute atomic E-state index is 12.2. The molecule has 3 bridgehead atoms. The van der Waals surface area contributed by atoms with E-state index >= 15 is 0 Å². The third-order valence-electron chi connectivity index (χ3n) is 4.20. The SMILES string of the molecule is CC(C)(C)OC(=O)N1[C@@H]2C[C@H]3CCN(C2)C[C@H]31. The first-order chi connectivity index (χ1) is 7.94. The Labute approximate surface area is 103 Å². The minimum Gasteiger partial charge on any atom is -0.444 e. The molecule has 4 nitrogen and oxygen atoms in total. The fourth-order valence-electron chi connectivity index (χ4n) is 3.59. The van der Waals surface area contributed by atoms with Crippen LogP contribution >= 0.6 is 0 Å². The van der Waals surface area contributed by atoms with Crippen molar-refractivity contribution in [3.8, 4) is 0 Å². The van der Waals surface area contributed by atoms with E-state index in [0.717, 1.165) is 13.1 Å². The second kappa shape index (κ2) is 3.61. The van der Waals surface area contributed by atoms with Crippen molar-refractivity contribution in [2.75, 3.05) is 19.6 Å². The Morgan fingerprint density at radius 1 is 1.29 bits per heavy atom. The van der Waals surface area contributed by atoms with Crippen LogP contribution in [0.1, 0.15) is 33.6 Å². The second-order valence-corrected chi connectivity index (χ2v) is 6.65. The van der Waals surface area contributed by atoms with E-state index in [-0.39, 0.29) is 11.7 Å². The number of amides is 1. The molecule has 0 aromatic heterocycles.